The normalized spacial score (nSPS) is 15.4. The molecule has 4 aromatic carbocycles. The number of guanidine groups is 2. The van der Waals surface area contributed by atoms with Gasteiger partial charge in [0.05, 0.1) is 14.1 Å². The Balaban J connectivity index is 0.00000461. The topological polar surface area (TPSA) is 74.7 Å². The summed E-state index contributed by atoms with van der Waals surface area (Å²) in [6, 6.07) is 37.5. The van der Waals surface area contributed by atoms with Crippen molar-refractivity contribution in [3.63, 3.8) is 0 Å². The Hall–Kier alpha value is -3.93. The van der Waals surface area contributed by atoms with E-state index in [9.17, 15) is 0 Å². The average Bonchev–Trinajstić information content (AvgIpc) is 3.07. The third kappa shape index (κ3) is 7.66. The first-order chi connectivity index (χ1) is 21.4. The number of aliphatic imine (C=N–C) groups is 1. The van der Waals surface area contributed by atoms with E-state index in [0.29, 0.717) is 18.7 Å². The van der Waals surface area contributed by atoms with Gasteiger partial charge >= 0.3 is 209 Å². The molecule has 4 aromatic rings. The van der Waals surface area contributed by atoms with Crippen molar-refractivity contribution in [2.24, 2.45) is 10.7 Å². The zero-order chi connectivity index (χ0) is 30.9. The summed E-state index contributed by atoms with van der Waals surface area (Å²) in [4.78, 5) is 4.46. The van der Waals surface area contributed by atoms with Gasteiger partial charge in [0.15, 0.2) is 6.17 Å². The number of nitrogens with two attached hydrogens (primary N) is 1. The van der Waals surface area contributed by atoms with Gasteiger partial charge in [-0.1, -0.05) is 0 Å². The zero-order valence-corrected chi connectivity index (χ0v) is 27.7. The first-order valence-corrected chi connectivity index (χ1v) is 17.7. The zero-order valence-electron chi connectivity index (χ0n) is 26.1. The molecule has 4 N–H and O–H groups in total. The summed E-state index contributed by atoms with van der Waals surface area (Å²) in [6.45, 7) is -3.49. The molecule has 45 heavy (non-hydrogen) atoms. The fourth-order valence-corrected chi connectivity index (χ4v) is 10.8. The Morgan fingerprint density at radius 3 is 1.73 bits per heavy atom. The van der Waals surface area contributed by atoms with E-state index >= 15 is 4.20 Å². The summed E-state index contributed by atoms with van der Waals surface area (Å²) < 4.78 is 26.4. The number of hydrogen-bond acceptors (Lipinski definition) is 3. The predicted octanol–water partition coefficient (Wildman–Crippen LogP) is 2.57. The maximum Gasteiger partial charge on any atom is -0.251 e. The number of halogens is 2. The first-order valence-electron chi connectivity index (χ1n) is 15.4. The third-order valence-corrected chi connectivity index (χ3v) is 13.6. The molecule has 0 fully saturated rings. The first kappa shape index (κ1) is 34.0. The molecule has 1 aliphatic heterocycles. The molecule has 0 radical (unpaired) electrons. The van der Waals surface area contributed by atoms with E-state index < -0.39 is 6.91 Å². The van der Waals surface area contributed by atoms with Crippen LogP contribution in [0.2, 0.25) is 0 Å². The maximum absolute atomic E-state index is 18.5. The molecule has 9 heteroatoms. The summed E-state index contributed by atoms with van der Waals surface area (Å²) in [5.41, 5.74) is 6.97. The number of benzene rings is 4. The van der Waals surface area contributed by atoms with Gasteiger partial charge in [0, 0.05) is 0 Å². The van der Waals surface area contributed by atoms with E-state index in [0.717, 1.165) is 65.3 Å². The van der Waals surface area contributed by atoms with Gasteiger partial charge in [-0.2, -0.15) is 4.99 Å². The molecule has 0 aromatic heterocycles. The number of rotatable bonds is 13. The molecule has 0 bridgehead atoms. The second-order valence-electron chi connectivity index (χ2n) is 11.5. The van der Waals surface area contributed by atoms with Crippen molar-refractivity contribution in [3.8, 4) is 5.75 Å². The van der Waals surface area contributed by atoms with E-state index in [1.807, 2.05) is 134 Å². The molecule has 1 atom stereocenters. The van der Waals surface area contributed by atoms with Crippen LogP contribution in [0, 0.1) is 0 Å². The fourth-order valence-electron chi connectivity index (χ4n) is 5.92. The Morgan fingerprint density at radius 2 is 1.22 bits per heavy atom. The van der Waals surface area contributed by atoms with E-state index in [2.05, 4.69) is 15.6 Å². The second kappa shape index (κ2) is 15.4. The Bertz CT molecular complexity index is 1470. The monoisotopic (exact) mass is 647 g/mol. The van der Waals surface area contributed by atoms with Gasteiger partial charge < -0.3 is 18.1 Å². The minimum Gasteiger partial charge on any atom is -1.00 e. The second-order valence-corrected chi connectivity index (χ2v) is 15.9. The van der Waals surface area contributed by atoms with Crippen molar-refractivity contribution in [3.05, 3.63) is 121 Å². The molecular weight excluding hydrogens is 604 g/mol. The van der Waals surface area contributed by atoms with E-state index in [-0.39, 0.29) is 18.6 Å². The smallest absolute Gasteiger partial charge is 0.251 e. The van der Waals surface area contributed by atoms with Crippen molar-refractivity contribution in [2.45, 2.75) is 38.3 Å². The quantitative estimate of drug-likeness (QED) is 0.119. The van der Waals surface area contributed by atoms with Gasteiger partial charge in [-0.25, -0.2) is 5.32 Å². The van der Waals surface area contributed by atoms with Crippen LogP contribution in [-0.2, 0) is 0 Å². The number of unbranched alkanes of at least 4 members (excludes halogenated alkanes) is 4. The Kier molecular flexibility index (Phi) is 11.6. The minimum atomic E-state index is -4.14. The van der Waals surface area contributed by atoms with Crippen molar-refractivity contribution >= 4 is 34.7 Å². The van der Waals surface area contributed by atoms with E-state index in [1.165, 1.54) is 0 Å². The molecule has 5 rings (SSSR count). The summed E-state index contributed by atoms with van der Waals surface area (Å²) in [5, 5.41) is 8.78. The molecule has 6 nitrogen and oxygen atoms in total. The number of hydrogen-bond donors (Lipinski definition) is 3. The molecule has 1 aliphatic rings. The van der Waals surface area contributed by atoms with Crippen LogP contribution in [-0.4, -0.2) is 43.4 Å². The van der Waals surface area contributed by atoms with Crippen molar-refractivity contribution in [1.82, 2.24) is 10.6 Å². The minimum absolute atomic E-state index is 0. The summed E-state index contributed by atoms with van der Waals surface area (Å²) in [6.07, 6.45) is 5.08. The van der Waals surface area contributed by atoms with Gasteiger partial charge in [-0.15, -0.1) is 0 Å². The Morgan fingerprint density at radius 1 is 0.733 bits per heavy atom. The van der Waals surface area contributed by atoms with Gasteiger partial charge in [0.1, 0.15) is 0 Å². The third-order valence-electron chi connectivity index (χ3n) is 8.31. The van der Waals surface area contributed by atoms with Crippen LogP contribution in [0.25, 0.3) is 0 Å². The number of nitrogens with zero attached hydrogens (tertiary/aromatic N) is 2. The van der Waals surface area contributed by atoms with Crippen molar-refractivity contribution in [1.29, 1.82) is 0 Å². The average molecular weight is 648 g/mol. The molecular formula is C36H44ClFN5OP. The number of nitrogens with one attached hydrogen (secondary N) is 2. The van der Waals surface area contributed by atoms with Crippen LogP contribution in [0.4, 0.5) is 4.20 Å². The molecule has 1 heterocycles. The van der Waals surface area contributed by atoms with Gasteiger partial charge in [0.25, 0.3) is 5.96 Å². The maximum atomic E-state index is 18.5. The van der Waals surface area contributed by atoms with Crippen molar-refractivity contribution in [2.75, 3.05) is 26.9 Å². The predicted molar refractivity (Wildman–Crippen MR) is 184 cm³/mol. The largest absolute Gasteiger partial charge is 1.00 e. The van der Waals surface area contributed by atoms with Gasteiger partial charge in [-0.05, 0) is 0 Å². The number of ether oxygens (including phenoxy) is 1. The Labute approximate surface area is 273 Å². The summed E-state index contributed by atoms with van der Waals surface area (Å²) in [5.74, 6) is 2.02. The molecule has 0 spiro atoms. The molecule has 0 amide bonds. The van der Waals surface area contributed by atoms with Crippen LogP contribution < -0.4 is 49.4 Å². The van der Waals surface area contributed by atoms with Crippen LogP contribution >= 0.6 is 6.91 Å². The van der Waals surface area contributed by atoms with E-state index in [1.54, 1.807) is 0 Å². The summed E-state index contributed by atoms with van der Waals surface area (Å²) >= 11 is 0. The molecule has 0 saturated heterocycles. The summed E-state index contributed by atoms with van der Waals surface area (Å²) in [7, 11) is 3.88. The molecule has 238 valence electrons. The van der Waals surface area contributed by atoms with Gasteiger partial charge in [-0.3, -0.25) is 9.89 Å². The van der Waals surface area contributed by atoms with E-state index in [4.69, 9.17) is 10.5 Å². The standard InChI is InChI=1S/C36H43FN5OP.ClH/c1-42(2)36-40-34(39-35(38)41-36)29-23-25-30(26-24-29)43-27-15-4-3-5-16-28-44(37,31-17-9-6-10-18-31,32-19-11-7-12-20-32)33-21-13-8-14-22-33;/h6-14,17-26,34H,3-5,15-16,27-28H2,1-2H3,(H3,38,39,40,41);1H. The van der Waals surface area contributed by atoms with Gasteiger partial charge in [0.2, 0.25) is 0 Å². The molecule has 0 saturated carbocycles. The van der Waals surface area contributed by atoms with Crippen LogP contribution in [0.15, 0.2) is 120 Å². The molecule has 0 aliphatic carbocycles. The fraction of sp³-hybridized carbons (Fsp3) is 0.278. The van der Waals surface area contributed by atoms with Crippen LogP contribution in [0.3, 0.4) is 0 Å². The molecule has 1 unspecified atom stereocenters. The van der Waals surface area contributed by atoms with Crippen molar-refractivity contribution < 1.29 is 25.9 Å². The van der Waals surface area contributed by atoms with Crippen LogP contribution in [0.1, 0.15) is 43.8 Å². The SMILES string of the molecule is C[N+](C)=C1NC(N)=NC(c2ccc(OCCCCCCCP(F)(c3ccccc3)(c3ccccc3)c3ccccc3)cc2)N1.[Cl-]. The van der Waals surface area contributed by atoms with Crippen LogP contribution in [0.5, 0.6) is 5.75 Å².